The Morgan fingerprint density at radius 1 is 1.38 bits per heavy atom. The summed E-state index contributed by atoms with van der Waals surface area (Å²) in [6.45, 7) is 1.07. The van der Waals surface area contributed by atoms with E-state index in [1.807, 2.05) is 30.3 Å². The number of benzene rings is 1. The van der Waals surface area contributed by atoms with Gasteiger partial charge in [-0.05, 0) is 5.56 Å². The van der Waals surface area contributed by atoms with Gasteiger partial charge in [0.15, 0.2) is 0 Å². The van der Waals surface area contributed by atoms with Gasteiger partial charge < -0.3 is 14.7 Å². The molecule has 0 aromatic heterocycles. The lowest BCUT2D eigenvalue weighted by Crippen LogP contribution is -2.47. The molecule has 16 heavy (non-hydrogen) atoms. The standard InChI is InChI=1S/C12H15NO3/c14-8-11-7-13(12(15)9-16-11)6-10-4-2-1-3-5-10/h1-5,11,14H,6-9H2. The van der Waals surface area contributed by atoms with Crippen LogP contribution in [0.15, 0.2) is 30.3 Å². The SMILES string of the molecule is O=C1COC(CO)CN1Cc1ccccc1. The highest BCUT2D eigenvalue weighted by molar-refractivity contribution is 5.78. The number of hydrogen-bond donors (Lipinski definition) is 1. The molecule has 1 N–H and O–H groups in total. The van der Waals surface area contributed by atoms with Gasteiger partial charge in [-0.2, -0.15) is 0 Å². The molecule has 1 atom stereocenters. The summed E-state index contributed by atoms with van der Waals surface area (Å²) in [4.78, 5) is 13.3. The molecule has 1 unspecified atom stereocenters. The summed E-state index contributed by atoms with van der Waals surface area (Å²) in [6.07, 6.45) is -0.249. The lowest BCUT2D eigenvalue weighted by molar-refractivity contribution is -0.151. The Labute approximate surface area is 94.4 Å². The minimum atomic E-state index is -0.249. The van der Waals surface area contributed by atoms with Crippen molar-refractivity contribution in [3.63, 3.8) is 0 Å². The van der Waals surface area contributed by atoms with Crippen molar-refractivity contribution < 1.29 is 14.6 Å². The van der Waals surface area contributed by atoms with Crippen molar-refractivity contribution in [3.8, 4) is 0 Å². The molecule has 86 valence electrons. The monoisotopic (exact) mass is 221 g/mol. The molecule has 0 bridgehead atoms. The number of ether oxygens (including phenoxy) is 1. The van der Waals surface area contributed by atoms with Gasteiger partial charge in [0.05, 0.1) is 12.7 Å². The quantitative estimate of drug-likeness (QED) is 0.804. The number of nitrogens with zero attached hydrogens (tertiary/aromatic N) is 1. The zero-order chi connectivity index (χ0) is 11.4. The third-order valence-corrected chi connectivity index (χ3v) is 2.64. The topological polar surface area (TPSA) is 49.8 Å². The smallest absolute Gasteiger partial charge is 0.248 e. The fraction of sp³-hybridized carbons (Fsp3) is 0.417. The number of carbonyl (C=O) groups is 1. The summed E-state index contributed by atoms with van der Waals surface area (Å²) in [6, 6.07) is 9.81. The second kappa shape index (κ2) is 5.09. The van der Waals surface area contributed by atoms with Crippen LogP contribution in [0.3, 0.4) is 0 Å². The van der Waals surface area contributed by atoms with Crippen LogP contribution >= 0.6 is 0 Å². The summed E-state index contributed by atoms with van der Waals surface area (Å²) in [7, 11) is 0. The van der Waals surface area contributed by atoms with Crippen LogP contribution in [0.5, 0.6) is 0 Å². The van der Waals surface area contributed by atoms with E-state index in [9.17, 15) is 4.79 Å². The van der Waals surface area contributed by atoms with Crippen molar-refractivity contribution in [3.05, 3.63) is 35.9 Å². The first-order chi connectivity index (χ1) is 7.79. The molecule has 1 aliphatic heterocycles. The Morgan fingerprint density at radius 2 is 2.12 bits per heavy atom. The van der Waals surface area contributed by atoms with Gasteiger partial charge in [0.2, 0.25) is 5.91 Å². The maximum absolute atomic E-state index is 11.6. The van der Waals surface area contributed by atoms with Crippen molar-refractivity contribution in [1.82, 2.24) is 4.90 Å². The summed E-state index contributed by atoms with van der Waals surface area (Å²) in [5, 5.41) is 9.00. The Hall–Kier alpha value is -1.39. The average Bonchev–Trinajstić information content (AvgIpc) is 2.33. The molecular weight excluding hydrogens is 206 g/mol. The van der Waals surface area contributed by atoms with Crippen LogP contribution in [0.2, 0.25) is 0 Å². The molecule has 1 aliphatic rings. The maximum Gasteiger partial charge on any atom is 0.248 e. The van der Waals surface area contributed by atoms with Crippen LogP contribution in [-0.4, -0.2) is 41.8 Å². The molecule has 4 heteroatoms. The van der Waals surface area contributed by atoms with Gasteiger partial charge in [0.25, 0.3) is 0 Å². The van der Waals surface area contributed by atoms with E-state index in [4.69, 9.17) is 9.84 Å². The molecule has 1 fully saturated rings. The number of amides is 1. The number of aliphatic hydroxyl groups excluding tert-OH is 1. The van der Waals surface area contributed by atoms with Crippen molar-refractivity contribution >= 4 is 5.91 Å². The highest BCUT2D eigenvalue weighted by atomic mass is 16.5. The molecule has 0 spiro atoms. The first-order valence-electron chi connectivity index (χ1n) is 5.34. The molecule has 1 aromatic rings. The van der Waals surface area contributed by atoms with E-state index in [-0.39, 0.29) is 25.2 Å². The van der Waals surface area contributed by atoms with Crippen molar-refractivity contribution in [2.75, 3.05) is 19.8 Å². The Morgan fingerprint density at radius 3 is 2.81 bits per heavy atom. The van der Waals surface area contributed by atoms with E-state index >= 15 is 0 Å². The number of morpholine rings is 1. The number of hydrogen-bond acceptors (Lipinski definition) is 3. The summed E-state index contributed by atoms with van der Waals surface area (Å²) in [5.74, 6) is -0.0199. The number of aliphatic hydroxyl groups is 1. The summed E-state index contributed by atoms with van der Waals surface area (Å²) in [5.41, 5.74) is 1.09. The predicted octanol–water partition coefficient (Wildman–Crippen LogP) is 0.406. The fourth-order valence-corrected chi connectivity index (χ4v) is 1.75. The molecule has 4 nitrogen and oxygen atoms in total. The van der Waals surface area contributed by atoms with E-state index in [1.165, 1.54) is 0 Å². The van der Waals surface area contributed by atoms with Gasteiger partial charge in [-0.1, -0.05) is 30.3 Å². The van der Waals surface area contributed by atoms with Gasteiger partial charge in [0.1, 0.15) is 6.61 Å². The molecule has 1 amide bonds. The largest absolute Gasteiger partial charge is 0.394 e. The van der Waals surface area contributed by atoms with Gasteiger partial charge in [-0.25, -0.2) is 0 Å². The van der Waals surface area contributed by atoms with E-state index in [0.29, 0.717) is 13.1 Å². The highest BCUT2D eigenvalue weighted by Crippen LogP contribution is 2.11. The third-order valence-electron chi connectivity index (χ3n) is 2.64. The van der Waals surface area contributed by atoms with Crippen molar-refractivity contribution in [2.45, 2.75) is 12.6 Å². The molecule has 1 saturated heterocycles. The van der Waals surface area contributed by atoms with Crippen LogP contribution in [0.1, 0.15) is 5.56 Å². The molecular formula is C12H15NO3. The predicted molar refractivity (Wildman–Crippen MR) is 58.7 cm³/mol. The minimum absolute atomic E-state index is 0.0199. The van der Waals surface area contributed by atoms with E-state index in [0.717, 1.165) is 5.56 Å². The highest BCUT2D eigenvalue weighted by Gasteiger charge is 2.25. The van der Waals surface area contributed by atoms with Crippen LogP contribution < -0.4 is 0 Å². The Balaban J connectivity index is 2.00. The third kappa shape index (κ3) is 2.59. The second-order valence-electron chi connectivity index (χ2n) is 3.88. The van der Waals surface area contributed by atoms with Crippen LogP contribution in [0.25, 0.3) is 0 Å². The summed E-state index contributed by atoms with van der Waals surface area (Å²) >= 11 is 0. The zero-order valence-electron chi connectivity index (χ0n) is 9.00. The van der Waals surface area contributed by atoms with E-state index in [1.54, 1.807) is 4.90 Å². The Bertz CT molecular complexity index is 353. The summed E-state index contributed by atoms with van der Waals surface area (Å²) < 4.78 is 5.17. The van der Waals surface area contributed by atoms with E-state index in [2.05, 4.69) is 0 Å². The van der Waals surface area contributed by atoms with Crippen molar-refractivity contribution in [2.24, 2.45) is 0 Å². The van der Waals surface area contributed by atoms with Crippen LogP contribution in [0, 0.1) is 0 Å². The molecule has 0 aliphatic carbocycles. The maximum atomic E-state index is 11.6. The fourth-order valence-electron chi connectivity index (χ4n) is 1.75. The lowest BCUT2D eigenvalue weighted by Gasteiger charge is -2.31. The van der Waals surface area contributed by atoms with Gasteiger partial charge in [-0.3, -0.25) is 4.79 Å². The average molecular weight is 221 g/mol. The lowest BCUT2D eigenvalue weighted by atomic mass is 10.2. The second-order valence-corrected chi connectivity index (χ2v) is 3.88. The molecule has 2 rings (SSSR count). The van der Waals surface area contributed by atoms with Crippen molar-refractivity contribution in [1.29, 1.82) is 0 Å². The van der Waals surface area contributed by atoms with Crippen LogP contribution in [-0.2, 0) is 16.1 Å². The Kier molecular flexibility index (Phi) is 3.54. The van der Waals surface area contributed by atoms with Gasteiger partial charge >= 0.3 is 0 Å². The zero-order valence-corrected chi connectivity index (χ0v) is 9.00. The van der Waals surface area contributed by atoms with E-state index < -0.39 is 0 Å². The van der Waals surface area contributed by atoms with Crippen LogP contribution in [0.4, 0.5) is 0 Å². The molecule has 1 aromatic carbocycles. The number of carbonyl (C=O) groups excluding carboxylic acids is 1. The molecule has 0 radical (unpaired) electrons. The first kappa shape index (κ1) is 11.1. The normalized spacial score (nSPS) is 21.2. The van der Waals surface area contributed by atoms with Gasteiger partial charge in [0, 0.05) is 13.1 Å². The van der Waals surface area contributed by atoms with Gasteiger partial charge in [-0.15, -0.1) is 0 Å². The number of rotatable bonds is 3. The first-order valence-corrected chi connectivity index (χ1v) is 5.34. The minimum Gasteiger partial charge on any atom is -0.394 e. The molecule has 0 saturated carbocycles. The molecule has 1 heterocycles.